The molecule has 2 aromatic heterocycles. The van der Waals surface area contributed by atoms with Crippen molar-refractivity contribution in [2.75, 3.05) is 75.9 Å². The van der Waals surface area contributed by atoms with Gasteiger partial charge >= 0.3 is 0 Å². The quantitative estimate of drug-likeness (QED) is 0.629. The number of piperazine rings is 1. The minimum Gasteiger partial charge on any atom is -0.378 e. The predicted molar refractivity (Wildman–Crippen MR) is 134 cm³/mol. The fourth-order valence-corrected chi connectivity index (χ4v) is 7.21. The number of morpholine rings is 1. The Morgan fingerprint density at radius 2 is 1.79 bits per heavy atom. The summed E-state index contributed by atoms with van der Waals surface area (Å²) in [6.07, 6.45) is 5.66. The third-order valence-electron chi connectivity index (χ3n) is 6.58. The molecule has 3 aliphatic rings. The highest BCUT2D eigenvalue weighted by molar-refractivity contribution is 8.01. The van der Waals surface area contributed by atoms with Gasteiger partial charge in [0.05, 0.1) is 30.1 Å². The first kappa shape index (κ1) is 23.7. The van der Waals surface area contributed by atoms with Crippen molar-refractivity contribution >= 4 is 33.6 Å². The van der Waals surface area contributed by atoms with Gasteiger partial charge in [-0.3, -0.25) is 4.90 Å². The third kappa shape index (κ3) is 5.01. The molecule has 184 valence electrons. The predicted octanol–water partition coefficient (Wildman–Crippen LogP) is 0.942. The molecule has 2 N–H and O–H groups in total. The van der Waals surface area contributed by atoms with Gasteiger partial charge in [-0.1, -0.05) is 0 Å². The number of anilines is 2. The second-order valence-corrected chi connectivity index (χ2v) is 13.0. The van der Waals surface area contributed by atoms with E-state index >= 15 is 0 Å². The molecule has 12 heteroatoms. The van der Waals surface area contributed by atoms with Crippen molar-refractivity contribution in [3.8, 4) is 11.3 Å². The number of nitrogens with zero attached hydrogens (tertiary/aromatic N) is 6. The van der Waals surface area contributed by atoms with E-state index in [9.17, 15) is 8.42 Å². The fraction of sp³-hybridized carbons (Fsp3) is 0.591. The van der Waals surface area contributed by atoms with Crippen LogP contribution in [0.4, 0.5) is 11.8 Å². The molecule has 1 unspecified atom stereocenters. The normalized spacial score (nSPS) is 24.4. The summed E-state index contributed by atoms with van der Waals surface area (Å²) in [7, 11) is -3.13. The molecule has 0 spiro atoms. The number of nitrogen functional groups attached to an aromatic ring is 1. The van der Waals surface area contributed by atoms with E-state index in [0.717, 1.165) is 56.2 Å². The Hall–Kier alpha value is -1.99. The summed E-state index contributed by atoms with van der Waals surface area (Å²) < 4.78 is 30.9. The average molecular weight is 506 g/mol. The molecule has 1 atom stereocenters. The summed E-state index contributed by atoms with van der Waals surface area (Å²) in [6.45, 7) is 8.81. The van der Waals surface area contributed by atoms with Gasteiger partial charge in [-0.2, -0.15) is 4.31 Å². The van der Waals surface area contributed by atoms with E-state index in [1.54, 1.807) is 16.7 Å². The smallest absolute Gasteiger partial charge is 0.219 e. The van der Waals surface area contributed by atoms with Crippen LogP contribution in [-0.2, 0) is 21.2 Å². The molecule has 10 nitrogen and oxygen atoms in total. The molecular formula is C22H31N7O3S2. The van der Waals surface area contributed by atoms with Crippen LogP contribution in [0.5, 0.6) is 0 Å². The SMILES string of the molecule is CC1(CN2CCN(S(C)(=O)=O)CC2)Cc2cc(-c3cnc(N)nc3)nc(N3CCOCC3)c2S1. The Balaban J connectivity index is 1.40. The zero-order valence-corrected chi connectivity index (χ0v) is 21.2. The molecule has 0 aromatic carbocycles. The average Bonchev–Trinajstić information content (AvgIpc) is 3.15. The van der Waals surface area contributed by atoms with E-state index in [1.807, 2.05) is 11.8 Å². The molecule has 34 heavy (non-hydrogen) atoms. The molecule has 2 fully saturated rings. The van der Waals surface area contributed by atoms with Gasteiger partial charge < -0.3 is 15.4 Å². The monoisotopic (exact) mass is 505 g/mol. The topological polar surface area (TPSA) is 118 Å². The Morgan fingerprint density at radius 1 is 1.12 bits per heavy atom. The van der Waals surface area contributed by atoms with Gasteiger partial charge in [-0.05, 0) is 25.0 Å². The molecule has 0 saturated carbocycles. The summed E-state index contributed by atoms with van der Waals surface area (Å²) in [5, 5.41) is 0. The minimum absolute atomic E-state index is 0.0193. The highest BCUT2D eigenvalue weighted by atomic mass is 32.2. The molecule has 5 heterocycles. The summed E-state index contributed by atoms with van der Waals surface area (Å²) in [4.78, 5) is 19.3. The number of hydrogen-bond acceptors (Lipinski definition) is 10. The standard InChI is InChI=1S/C22H31N7O3S2/c1-22(15-27-3-5-29(6-4-27)34(2,30)31)12-16-11-18(17-13-24-21(23)25-14-17)26-20(19(16)33-22)28-7-9-32-10-8-28/h11,13-14H,3-10,12,15H2,1-2H3,(H2,23,24,25). The van der Waals surface area contributed by atoms with Gasteiger partial charge in [-0.25, -0.2) is 23.4 Å². The highest BCUT2D eigenvalue weighted by Crippen LogP contribution is 2.50. The van der Waals surface area contributed by atoms with Crippen LogP contribution >= 0.6 is 11.8 Å². The maximum atomic E-state index is 11.9. The second kappa shape index (κ2) is 9.23. The molecule has 5 rings (SSSR count). The van der Waals surface area contributed by atoms with E-state index in [-0.39, 0.29) is 10.7 Å². The van der Waals surface area contributed by atoms with Crippen LogP contribution in [0.25, 0.3) is 11.3 Å². The zero-order chi connectivity index (χ0) is 23.9. The van der Waals surface area contributed by atoms with Crippen LogP contribution in [-0.4, -0.2) is 103 Å². The zero-order valence-electron chi connectivity index (χ0n) is 19.6. The second-order valence-electron chi connectivity index (χ2n) is 9.42. The van der Waals surface area contributed by atoms with Crippen LogP contribution in [0.2, 0.25) is 0 Å². The first-order valence-corrected chi connectivity index (χ1v) is 14.2. The summed E-state index contributed by atoms with van der Waals surface area (Å²) in [6, 6.07) is 2.16. The Labute approximate surface area is 204 Å². The van der Waals surface area contributed by atoms with E-state index in [1.165, 1.54) is 16.7 Å². The summed E-state index contributed by atoms with van der Waals surface area (Å²) >= 11 is 1.90. The summed E-state index contributed by atoms with van der Waals surface area (Å²) in [5.74, 6) is 1.25. The number of aromatic nitrogens is 3. The van der Waals surface area contributed by atoms with Crippen molar-refractivity contribution in [2.24, 2.45) is 0 Å². The lowest BCUT2D eigenvalue weighted by Crippen LogP contribution is -2.51. The Bertz CT molecular complexity index is 1150. The molecule has 2 aromatic rings. The number of thioether (sulfide) groups is 1. The number of fused-ring (bicyclic) bond motifs is 1. The van der Waals surface area contributed by atoms with Gasteiger partial charge in [0.2, 0.25) is 16.0 Å². The number of hydrogen-bond donors (Lipinski definition) is 1. The first-order valence-electron chi connectivity index (χ1n) is 11.5. The van der Waals surface area contributed by atoms with Crippen LogP contribution in [0.1, 0.15) is 12.5 Å². The number of ether oxygens (including phenoxy) is 1. The molecule has 0 amide bonds. The van der Waals surface area contributed by atoms with Crippen LogP contribution in [0.15, 0.2) is 23.4 Å². The Morgan fingerprint density at radius 3 is 2.44 bits per heavy atom. The number of rotatable bonds is 5. The van der Waals surface area contributed by atoms with E-state index in [0.29, 0.717) is 26.3 Å². The fourth-order valence-electron chi connectivity index (χ4n) is 4.89. The van der Waals surface area contributed by atoms with Crippen molar-refractivity contribution in [3.05, 3.63) is 24.0 Å². The Kier molecular flexibility index (Phi) is 6.44. The first-order chi connectivity index (χ1) is 16.2. The van der Waals surface area contributed by atoms with Crippen molar-refractivity contribution < 1.29 is 13.2 Å². The van der Waals surface area contributed by atoms with Gasteiger partial charge in [0.15, 0.2) is 0 Å². The minimum atomic E-state index is -3.13. The van der Waals surface area contributed by atoms with Crippen molar-refractivity contribution in [1.29, 1.82) is 0 Å². The van der Waals surface area contributed by atoms with Gasteiger partial charge in [-0.15, -0.1) is 11.8 Å². The summed E-state index contributed by atoms with van der Waals surface area (Å²) in [5.41, 5.74) is 8.68. The lowest BCUT2D eigenvalue weighted by molar-refractivity contribution is 0.122. The molecule has 0 aliphatic carbocycles. The lowest BCUT2D eigenvalue weighted by Gasteiger charge is -2.37. The molecule has 3 aliphatic heterocycles. The van der Waals surface area contributed by atoms with Gasteiger partial charge in [0.1, 0.15) is 5.82 Å². The van der Waals surface area contributed by atoms with E-state index in [2.05, 4.69) is 32.8 Å². The number of nitrogens with two attached hydrogens (primary N) is 1. The number of pyridine rings is 1. The molecule has 0 bridgehead atoms. The largest absolute Gasteiger partial charge is 0.378 e. The van der Waals surface area contributed by atoms with Gasteiger partial charge in [0, 0.05) is 68.5 Å². The van der Waals surface area contributed by atoms with E-state index in [4.69, 9.17) is 15.5 Å². The van der Waals surface area contributed by atoms with Crippen LogP contribution < -0.4 is 10.6 Å². The maximum Gasteiger partial charge on any atom is 0.219 e. The van der Waals surface area contributed by atoms with Crippen molar-refractivity contribution in [2.45, 2.75) is 23.0 Å². The van der Waals surface area contributed by atoms with Crippen LogP contribution in [0, 0.1) is 0 Å². The third-order valence-corrected chi connectivity index (χ3v) is 9.30. The van der Waals surface area contributed by atoms with E-state index < -0.39 is 10.0 Å². The van der Waals surface area contributed by atoms with Crippen molar-refractivity contribution in [1.82, 2.24) is 24.2 Å². The van der Waals surface area contributed by atoms with Crippen molar-refractivity contribution in [3.63, 3.8) is 0 Å². The highest BCUT2D eigenvalue weighted by Gasteiger charge is 2.39. The number of sulfonamides is 1. The lowest BCUT2D eigenvalue weighted by atomic mass is 9.99. The molecule has 2 saturated heterocycles. The maximum absolute atomic E-state index is 11.9. The van der Waals surface area contributed by atoms with Gasteiger partial charge in [0.25, 0.3) is 0 Å². The molecule has 0 radical (unpaired) electrons. The molecular weight excluding hydrogens is 474 g/mol. The van der Waals surface area contributed by atoms with Crippen LogP contribution in [0.3, 0.4) is 0 Å².